The Balaban J connectivity index is 1.99. The van der Waals surface area contributed by atoms with Gasteiger partial charge in [-0.25, -0.2) is 8.42 Å². The number of likely N-dealkylation sites (N-methyl/N-ethyl adjacent to an activating group) is 1. The molecule has 9 heteroatoms. The monoisotopic (exact) mass is 407 g/mol. The maximum atomic E-state index is 12.5. The van der Waals surface area contributed by atoms with E-state index in [1.807, 2.05) is 6.07 Å². The van der Waals surface area contributed by atoms with Crippen molar-refractivity contribution in [3.05, 3.63) is 41.8 Å². The zero-order valence-electron chi connectivity index (χ0n) is 15.3. The summed E-state index contributed by atoms with van der Waals surface area (Å²) in [6.45, 7) is 1.63. The van der Waals surface area contributed by atoms with Gasteiger partial charge in [-0.05, 0) is 42.6 Å². The normalized spacial score (nSPS) is 12.1. The first-order chi connectivity index (χ1) is 12.8. The molecule has 27 heavy (non-hydrogen) atoms. The van der Waals surface area contributed by atoms with Crippen LogP contribution in [-0.2, 0) is 14.8 Å². The topological polar surface area (TPSA) is 90.7 Å². The van der Waals surface area contributed by atoms with Gasteiger partial charge < -0.3 is 9.64 Å². The van der Waals surface area contributed by atoms with Crippen LogP contribution in [0.2, 0.25) is 0 Å². The van der Waals surface area contributed by atoms with Crippen LogP contribution >= 0.6 is 11.3 Å². The lowest BCUT2D eigenvalue weighted by atomic mass is 10.2. The Labute approximate surface area is 163 Å². The molecule has 2 rings (SSSR count). The van der Waals surface area contributed by atoms with Gasteiger partial charge in [0.2, 0.25) is 0 Å². The number of carbonyl (C=O) groups excluding carboxylic acids is 1. The van der Waals surface area contributed by atoms with Gasteiger partial charge in [0.05, 0.1) is 18.2 Å². The van der Waals surface area contributed by atoms with Gasteiger partial charge in [-0.2, -0.15) is 5.26 Å². The standard InChI is InChI=1S/C18H21N3O4S2/c1-14(10-11-19)20(2)17(22)13-25-16-8-6-15(7-9-16)21(3)27(23,24)18-5-4-12-26-18/h4-9,12,14H,10,13H2,1-3H3. The van der Waals surface area contributed by atoms with Crippen molar-refractivity contribution in [3.8, 4) is 11.8 Å². The molecule has 0 N–H and O–H groups in total. The molecule has 1 atom stereocenters. The number of hydrogen-bond donors (Lipinski definition) is 0. The third-order valence-corrected chi connectivity index (χ3v) is 7.27. The van der Waals surface area contributed by atoms with E-state index < -0.39 is 10.0 Å². The van der Waals surface area contributed by atoms with Crippen molar-refractivity contribution in [2.75, 3.05) is 25.0 Å². The van der Waals surface area contributed by atoms with Gasteiger partial charge in [-0.15, -0.1) is 11.3 Å². The Bertz CT molecular complexity index is 903. The number of anilines is 1. The average Bonchev–Trinajstić information content (AvgIpc) is 3.21. The molecule has 0 saturated carbocycles. The molecule has 1 aromatic carbocycles. The molecule has 0 fully saturated rings. The Kier molecular flexibility index (Phi) is 6.82. The van der Waals surface area contributed by atoms with Gasteiger partial charge >= 0.3 is 0 Å². The Morgan fingerprint density at radius 1 is 1.26 bits per heavy atom. The number of ether oxygens (including phenoxy) is 1. The van der Waals surface area contributed by atoms with Gasteiger partial charge in [-0.1, -0.05) is 6.07 Å². The van der Waals surface area contributed by atoms with Gasteiger partial charge in [0.25, 0.3) is 15.9 Å². The fraction of sp³-hybridized carbons (Fsp3) is 0.333. The van der Waals surface area contributed by atoms with E-state index in [1.54, 1.807) is 55.7 Å². The molecule has 0 aliphatic heterocycles. The van der Waals surface area contributed by atoms with E-state index in [1.165, 1.54) is 16.3 Å². The van der Waals surface area contributed by atoms with Crippen LogP contribution in [0.5, 0.6) is 5.75 Å². The summed E-state index contributed by atoms with van der Waals surface area (Å²) >= 11 is 1.16. The van der Waals surface area contributed by atoms with Gasteiger partial charge in [-0.3, -0.25) is 9.10 Å². The zero-order valence-corrected chi connectivity index (χ0v) is 17.0. The number of sulfonamides is 1. The molecule has 0 saturated heterocycles. The molecule has 0 bridgehead atoms. The molecule has 0 aliphatic rings. The van der Waals surface area contributed by atoms with Gasteiger partial charge in [0, 0.05) is 20.1 Å². The van der Waals surface area contributed by atoms with Crippen LogP contribution in [0.4, 0.5) is 5.69 Å². The van der Waals surface area contributed by atoms with E-state index >= 15 is 0 Å². The van der Waals surface area contributed by atoms with Crippen LogP contribution in [0.15, 0.2) is 46.0 Å². The lowest BCUT2D eigenvalue weighted by Crippen LogP contribution is -2.38. The molecule has 0 radical (unpaired) electrons. The highest BCUT2D eigenvalue weighted by atomic mass is 32.2. The highest BCUT2D eigenvalue weighted by Crippen LogP contribution is 2.26. The predicted molar refractivity (Wildman–Crippen MR) is 104 cm³/mol. The van der Waals surface area contributed by atoms with E-state index in [-0.39, 0.29) is 29.2 Å². The molecule has 7 nitrogen and oxygen atoms in total. The number of thiophene rings is 1. The number of carbonyl (C=O) groups is 1. The number of rotatable bonds is 8. The fourth-order valence-corrected chi connectivity index (χ4v) is 4.55. The minimum absolute atomic E-state index is 0.158. The van der Waals surface area contributed by atoms with Crippen LogP contribution in [0.1, 0.15) is 13.3 Å². The highest BCUT2D eigenvalue weighted by Gasteiger charge is 2.22. The second kappa shape index (κ2) is 8.88. The summed E-state index contributed by atoms with van der Waals surface area (Å²) in [5.74, 6) is 0.217. The number of nitrogens with zero attached hydrogens (tertiary/aromatic N) is 3. The number of benzene rings is 1. The van der Waals surface area contributed by atoms with Crippen LogP contribution in [0, 0.1) is 11.3 Å². The summed E-state index contributed by atoms with van der Waals surface area (Å²) in [6, 6.07) is 11.5. The molecular formula is C18H21N3O4S2. The number of amides is 1. The molecular weight excluding hydrogens is 386 g/mol. The predicted octanol–water partition coefficient (Wildman–Crippen LogP) is 2.71. The third kappa shape index (κ3) is 4.99. The first-order valence-electron chi connectivity index (χ1n) is 8.15. The fourth-order valence-electron chi connectivity index (χ4n) is 2.20. The maximum Gasteiger partial charge on any atom is 0.273 e. The molecule has 1 aromatic heterocycles. The summed E-state index contributed by atoms with van der Waals surface area (Å²) in [5, 5.41) is 10.4. The molecule has 2 aromatic rings. The first-order valence-corrected chi connectivity index (χ1v) is 10.5. The maximum absolute atomic E-state index is 12.5. The molecule has 1 unspecified atom stereocenters. The van der Waals surface area contributed by atoms with Crippen LogP contribution in [-0.4, -0.2) is 46.0 Å². The average molecular weight is 408 g/mol. The van der Waals surface area contributed by atoms with Gasteiger partial charge in [0.1, 0.15) is 9.96 Å². The van der Waals surface area contributed by atoms with Gasteiger partial charge in [0.15, 0.2) is 6.61 Å². The molecule has 0 aliphatic carbocycles. The first kappa shape index (κ1) is 20.7. The summed E-state index contributed by atoms with van der Waals surface area (Å²) in [4.78, 5) is 13.5. The van der Waals surface area contributed by atoms with Crippen LogP contribution in [0.3, 0.4) is 0 Å². The summed E-state index contributed by atoms with van der Waals surface area (Å²) in [5.41, 5.74) is 0.488. The second-order valence-electron chi connectivity index (χ2n) is 5.90. The Morgan fingerprint density at radius 3 is 2.48 bits per heavy atom. The molecule has 1 heterocycles. The van der Waals surface area contributed by atoms with E-state index in [4.69, 9.17) is 10.00 Å². The minimum atomic E-state index is -3.59. The summed E-state index contributed by atoms with van der Waals surface area (Å²) in [6.07, 6.45) is 0.252. The van der Waals surface area contributed by atoms with E-state index in [0.717, 1.165) is 11.3 Å². The van der Waals surface area contributed by atoms with Crippen molar-refractivity contribution in [1.29, 1.82) is 5.26 Å². The number of nitriles is 1. The van der Waals surface area contributed by atoms with Crippen molar-refractivity contribution in [1.82, 2.24) is 4.90 Å². The highest BCUT2D eigenvalue weighted by molar-refractivity contribution is 7.94. The Morgan fingerprint density at radius 2 is 1.93 bits per heavy atom. The molecule has 0 spiro atoms. The second-order valence-corrected chi connectivity index (χ2v) is 9.05. The van der Waals surface area contributed by atoms with E-state index in [0.29, 0.717) is 11.4 Å². The number of hydrogen-bond acceptors (Lipinski definition) is 6. The van der Waals surface area contributed by atoms with E-state index in [2.05, 4.69) is 0 Å². The van der Waals surface area contributed by atoms with E-state index in [9.17, 15) is 13.2 Å². The quantitative estimate of drug-likeness (QED) is 0.671. The smallest absolute Gasteiger partial charge is 0.273 e. The lowest BCUT2D eigenvalue weighted by molar-refractivity contribution is -0.133. The summed E-state index contributed by atoms with van der Waals surface area (Å²) < 4.78 is 32.0. The van der Waals surface area contributed by atoms with Crippen molar-refractivity contribution in [3.63, 3.8) is 0 Å². The summed E-state index contributed by atoms with van der Waals surface area (Å²) in [7, 11) is -0.477. The van der Waals surface area contributed by atoms with Crippen LogP contribution in [0.25, 0.3) is 0 Å². The van der Waals surface area contributed by atoms with Crippen LogP contribution < -0.4 is 9.04 Å². The van der Waals surface area contributed by atoms with Crippen molar-refractivity contribution in [2.45, 2.75) is 23.6 Å². The largest absolute Gasteiger partial charge is 0.484 e. The third-order valence-electron chi connectivity index (χ3n) is 4.11. The van der Waals surface area contributed by atoms with Crippen molar-refractivity contribution in [2.24, 2.45) is 0 Å². The van der Waals surface area contributed by atoms with Crippen molar-refractivity contribution < 1.29 is 17.9 Å². The Hall–Kier alpha value is -2.57. The lowest BCUT2D eigenvalue weighted by Gasteiger charge is -2.23. The van der Waals surface area contributed by atoms with Crippen molar-refractivity contribution >= 4 is 33.0 Å². The zero-order chi connectivity index (χ0) is 20.0. The molecule has 144 valence electrons. The molecule has 1 amide bonds. The SMILES string of the molecule is CC(CC#N)N(C)C(=O)COc1ccc(N(C)S(=O)(=O)c2cccs2)cc1. The minimum Gasteiger partial charge on any atom is -0.484 e.